The van der Waals surface area contributed by atoms with Crippen LogP contribution in [0.15, 0.2) is 72.8 Å². The number of hydrogen-bond donors (Lipinski definition) is 2. The van der Waals surface area contributed by atoms with Crippen molar-refractivity contribution in [3.05, 3.63) is 78.4 Å². The Labute approximate surface area is 206 Å². The van der Waals surface area contributed by atoms with Crippen LogP contribution >= 0.6 is 0 Å². The molecule has 0 bridgehead atoms. The van der Waals surface area contributed by atoms with E-state index >= 15 is 0 Å². The molecule has 0 radical (unpaired) electrons. The van der Waals surface area contributed by atoms with Gasteiger partial charge in [-0.2, -0.15) is 0 Å². The second kappa shape index (κ2) is 13.0. The number of nitrogens with one attached hydrogen (secondary N) is 2. The zero-order valence-electron chi connectivity index (χ0n) is 20.4. The van der Waals surface area contributed by atoms with Crippen LogP contribution < -0.4 is 24.8 Å². The molecule has 7 heteroatoms. The topological polar surface area (TPSA) is 85.9 Å². The van der Waals surface area contributed by atoms with Gasteiger partial charge in [-0.25, -0.2) is 0 Å². The molecule has 0 aliphatic rings. The minimum absolute atomic E-state index is 0.0757. The quantitative estimate of drug-likeness (QED) is 0.375. The molecule has 2 amide bonds. The molecular weight excluding hydrogens is 444 g/mol. The van der Waals surface area contributed by atoms with E-state index in [0.717, 1.165) is 11.3 Å². The maximum Gasteiger partial charge on any atom is 0.224 e. The summed E-state index contributed by atoms with van der Waals surface area (Å²) in [5.41, 5.74) is 1.72. The standard InChI is InChI=1S/C28H32N2O5/c1-20(17-27(31)29-16-15-21-9-14-25(33-2)26(19-21)34-3)18-28(32)30-22-10-12-24(13-11-22)35-23-7-5-4-6-8-23/h4-14,19-20H,15-18H2,1-3H3,(H,29,31)(H,30,32)/t20-/m0/s1. The monoisotopic (exact) mass is 476 g/mol. The van der Waals surface area contributed by atoms with E-state index in [0.29, 0.717) is 35.9 Å². The molecule has 2 N–H and O–H groups in total. The number of para-hydroxylation sites is 1. The molecule has 0 spiro atoms. The third-order valence-corrected chi connectivity index (χ3v) is 5.37. The van der Waals surface area contributed by atoms with Gasteiger partial charge in [-0.15, -0.1) is 0 Å². The van der Waals surface area contributed by atoms with Crippen molar-refractivity contribution in [2.24, 2.45) is 5.92 Å². The van der Waals surface area contributed by atoms with Crippen LogP contribution in [0.2, 0.25) is 0 Å². The van der Waals surface area contributed by atoms with Crippen molar-refractivity contribution < 1.29 is 23.8 Å². The number of rotatable bonds is 12. The fourth-order valence-corrected chi connectivity index (χ4v) is 3.60. The van der Waals surface area contributed by atoms with Gasteiger partial charge >= 0.3 is 0 Å². The molecule has 0 unspecified atom stereocenters. The van der Waals surface area contributed by atoms with Crippen LogP contribution in [0.1, 0.15) is 25.3 Å². The fraction of sp³-hybridized carbons (Fsp3) is 0.286. The highest BCUT2D eigenvalue weighted by Gasteiger charge is 2.14. The van der Waals surface area contributed by atoms with Gasteiger partial charge in [-0.3, -0.25) is 9.59 Å². The third-order valence-electron chi connectivity index (χ3n) is 5.37. The van der Waals surface area contributed by atoms with Gasteiger partial charge in [0.1, 0.15) is 11.5 Å². The highest BCUT2D eigenvalue weighted by atomic mass is 16.5. The van der Waals surface area contributed by atoms with E-state index in [4.69, 9.17) is 14.2 Å². The van der Waals surface area contributed by atoms with Crippen LogP contribution in [0.4, 0.5) is 5.69 Å². The molecule has 0 saturated heterocycles. The van der Waals surface area contributed by atoms with Crippen LogP contribution in [-0.2, 0) is 16.0 Å². The molecule has 3 aromatic carbocycles. The molecule has 0 aliphatic heterocycles. The molecule has 3 aromatic rings. The number of anilines is 1. The number of carbonyl (C=O) groups excluding carboxylic acids is 2. The minimum Gasteiger partial charge on any atom is -0.493 e. The Morgan fingerprint density at radius 3 is 2.14 bits per heavy atom. The molecule has 0 aliphatic carbocycles. The minimum atomic E-state index is -0.132. The van der Waals surface area contributed by atoms with E-state index in [9.17, 15) is 9.59 Å². The number of benzene rings is 3. The maximum absolute atomic E-state index is 12.4. The first-order chi connectivity index (χ1) is 17.0. The molecule has 1 atom stereocenters. The number of ether oxygens (including phenoxy) is 3. The highest BCUT2D eigenvalue weighted by molar-refractivity contribution is 5.91. The third kappa shape index (κ3) is 8.37. The van der Waals surface area contributed by atoms with Crippen LogP contribution in [0.5, 0.6) is 23.0 Å². The molecule has 0 heterocycles. The second-order valence-corrected chi connectivity index (χ2v) is 8.29. The average molecular weight is 477 g/mol. The predicted molar refractivity (Wildman–Crippen MR) is 136 cm³/mol. The van der Waals surface area contributed by atoms with Gasteiger partial charge in [0.05, 0.1) is 14.2 Å². The van der Waals surface area contributed by atoms with Crippen LogP contribution in [0.3, 0.4) is 0 Å². The SMILES string of the molecule is COc1ccc(CCNC(=O)C[C@H](C)CC(=O)Nc2ccc(Oc3ccccc3)cc2)cc1OC. The Morgan fingerprint density at radius 2 is 1.46 bits per heavy atom. The normalized spacial score (nSPS) is 11.3. The lowest BCUT2D eigenvalue weighted by Crippen LogP contribution is -2.28. The Balaban J connectivity index is 1.37. The van der Waals surface area contributed by atoms with E-state index in [1.54, 1.807) is 38.5 Å². The largest absolute Gasteiger partial charge is 0.493 e. The van der Waals surface area contributed by atoms with Crippen molar-refractivity contribution in [2.45, 2.75) is 26.2 Å². The molecule has 3 rings (SSSR count). The predicted octanol–water partition coefficient (Wildman–Crippen LogP) is 5.21. The summed E-state index contributed by atoms with van der Waals surface area (Å²) in [6.07, 6.45) is 1.21. The first kappa shape index (κ1) is 25.6. The van der Waals surface area contributed by atoms with E-state index in [-0.39, 0.29) is 30.6 Å². The fourth-order valence-electron chi connectivity index (χ4n) is 3.60. The van der Waals surface area contributed by atoms with Crippen LogP contribution in [-0.4, -0.2) is 32.6 Å². The molecule has 7 nitrogen and oxygen atoms in total. The Morgan fingerprint density at radius 1 is 0.800 bits per heavy atom. The lowest BCUT2D eigenvalue weighted by molar-refractivity contribution is -0.122. The lowest BCUT2D eigenvalue weighted by atomic mass is 10.0. The maximum atomic E-state index is 12.4. The lowest BCUT2D eigenvalue weighted by Gasteiger charge is -2.13. The van der Waals surface area contributed by atoms with Gasteiger partial charge in [0.25, 0.3) is 0 Å². The summed E-state index contributed by atoms with van der Waals surface area (Å²) in [6, 6.07) is 22.4. The number of amides is 2. The Bertz CT molecular complexity index is 1100. The van der Waals surface area contributed by atoms with Gasteiger partial charge in [-0.1, -0.05) is 31.2 Å². The molecule has 0 saturated carbocycles. The Hall–Kier alpha value is -4.00. The van der Waals surface area contributed by atoms with Crippen molar-refractivity contribution in [2.75, 3.05) is 26.1 Å². The number of hydrogen-bond acceptors (Lipinski definition) is 5. The molecule has 0 fully saturated rings. The van der Waals surface area contributed by atoms with Crippen molar-refractivity contribution in [1.82, 2.24) is 5.32 Å². The van der Waals surface area contributed by atoms with Gasteiger partial charge in [-0.05, 0) is 66.4 Å². The summed E-state index contributed by atoms with van der Waals surface area (Å²) in [6.45, 7) is 2.40. The highest BCUT2D eigenvalue weighted by Crippen LogP contribution is 2.27. The molecule has 184 valence electrons. The summed E-state index contributed by atoms with van der Waals surface area (Å²) in [7, 11) is 3.19. The molecular formula is C28H32N2O5. The van der Waals surface area contributed by atoms with Gasteiger partial charge in [0.15, 0.2) is 11.5 Å². The summed E-state index contributed by atoms with van der Waals surface area (Å²) in [5.74, 6) is 2.47. The summed E-state index contributed by atoms with van der Waals surface area (Å²) >= 11 is 0. The first-order valence-corrected chi connectivity index (χ1v) is 11.6. The summed E-state index contributed by atoms with van der Waals surface area (Å²) in [5, 5.41) is 5.79. The first-order valence-electron chi connectivity index (χ1n) is 11.6. The van der Waals surface area contributed by atoms with E-state index in [1.165, 1.54) is 0 Å². The number of methoxy groups -OCH3 is 2. The van der Waals surface area contributed by atoms with E-state index < -0.39 is 0 Å². The zero-order chi connectivity index (χ0) is 25.0. The van der Waals surface area contributed by atoms with Crippen molar-refractivity contribution in [3.63, 3.8) is 0 Å². The van der Waals surface area contributed by atoms with E-state index in [2.05, 4.69) is 10.6 Å². The van der Waals surface area contributed by atoms with Crippen molar-refractivity contribution >= 4 is 17.5 Å². The van der Waals surface area contributed by atoms with Gasteiger partial charge < -0.3 is 24.8 Å². The number of carbonyl (C=O) groups is 2. The summed E-state index contributed by atoms with van der Waals surface area (Å²) < 4.78 is 16.3. The van der Waals surface area contributed by atoms with Crippen molar-refractivity contribution in [1.29, 1.82) is 0 Å². The van der Waals surface area contributed by atoms with Crippen LogP contribution in [0.25, 0.3) is 0 Å². The Kier molecular flexibility index (Phi) is 9.54. The van der Waals surface area contributed by atoms with Crippen LogP contribution in [0, 0.1) is 5.92 Å². The molecule has 0 aromatic heterocycles. The average Bonchev–Trinajstić information content (AvgIpc) is 2.85. The zero-order valence-corrected chi connectivity index (χ0v) is 20.4. The smallest absolute Gasteiger partial charge is 0.224 e. The second-order valence-electron chi connectivity index (χ2n) is 8.29. The van der Waals surface area contributed by atoms with Crippen molar-refractivity contribution in [3.8, 4) is 23.0 Å². The van der Waals surface area contributed by atoms with Gasteiger partial charge in [0, 0.05) is 25.1 Å². The van der Waals surface area contributed by atoms with Gasteiger partial charge in [0.2, 0.25) is 11.8 Å². The van der Waals surface area contributed by atoms with E-state index in [1.807, 2.05) is 55.5 Å². The summed E-state index contributed by atoms with van der Waals surface area (Å²) in [4.78, 5) is 24.7. The molecule has 35 heavy (non-hydrogen) atoms.